The van der Waals surface area contributed by atoms with Gasteiger partial charge in [-0.1, -0.05) is 44.5 Å². The molecule has 1 saturated heterocycles. The number of hydrogen-bond donors (Lipinski definition) is 2. The third-order valence-electron chi connectivity index (χ3n) is 5.73. The van der Waals surface area contributed by atoms with Crippen LogP contribution >= 0.6 is 11.6 Å². The fraction of sp³-hybridized carbons (Fsp3) is 0.417. The number of carbonyl (C=O) groups is 2. The standard InChI is InChI=1S/C24H30ClN3O4S/c1-16(29)26-22-10-7-19(15-21(22)25)27-23(30)17-11-13-28(14-12-17)33(31,32)20-8-5-18(6-9-20)24(2,3)4/h5-10,15,17H,11-14H2,1-4H3,(H,26,29)(H,27,30). The maximum absolute atomic E-state index is 13.0. The fourth-order valence-electron chi connectivity index (χ4n) is 3.76. The zero-order valence-electron chi connectivity index (χ0n) is 19.3. The van der Waals surface area contributed by atoms with E-state index in [1.54, 1.807) is 30.3 Å². The monoisotopic (exact) mass is 491 g/mol. The summed E-state index contributed by atoms with van der Waals surface area (Å²) in [5, 5.41) is 5.77. The molecule has 2 N–H and O–H groups in total. The molecule has 0 saturated carbocycles. The van der Waals surface area contributed by atoms with Crippen LogP contribution in [0.5, 0.6) is 0 Å². The molecule has 0 bridgehead atoms. The van der Waals surface area contributed by atoms with E-state index in [-0.39, 0.29) is 41.1 Å². The molecule has 0 radical (unpaired) electrons. The lowest BCUT2D eigenvalue weighted by Gasteiger charge is -2.30. The minimum Gasteiger partial charge on any atom is -0.326 e. The Hall–Kier alpha value is -2.42. The molecule has 0 aromatic heterocycles. The van der Waals surface area contributed by atoms with Crippen LogP contribution in [0.4, 0.5) is 11.4 Å². The van der Waals surface area contributed by atoms with Crippen molar-refractivity contribution in [1.29, 1.82) is 0 Å². The Kier molecular flexibility index (Phi) is 7.51. The molecule has 33 heavy (non-hydrogen) atoms. The van der Waals surface area contributed by atoms with E-state index in [1.165, 1.54) is 11.2 Å². The fourth-order valence-corrected chi connectivity index (χ4v) is 5.46. The largest absolute Gasteiger partial charge is 0.326 e. The second kappa shape index (κ2) is 9.83. The summed E-state index contributed by atoms with van der Waals surface area (Å²) in [6, 6.07) is 11.9. The first-order valence-corrected chi connectivity index (χ1v) is 12.7. The first kappa shape index (κ1) is 25.2. The summed E-state index contributed by atoms with van der Waals surface area (Å²) in [4.78, 5) is 24.2. The highest BCUT2D eigenvalue weighted by atomic mass is 35.5. The number of anilines is 2. The summed E-state index contributed by atoms with van der Waals surface area (Å²) in [7, 11) is -3.60. The van der Waals surface area contributed by atoms with Crippen LogP contribution in [0, 0.1) is 5.92 Å². The van der Waals surface area contributed by atoms with Crippen LogP contribution in [-0.4, -0.2) is 37.6 Å². The molecule has 0 spiro atoms. The van der Waals surface area contributed by atoms with Gasteiger partial charge in [0.15, 0.2) is 0 Å². The maximum atomic E-state index is 13.0. The molecule has 0 aliphatic carbocycles. The number of piperidine rings is 1. The molecule has 1 heterocycles. The molecular formula is C24H30ClN3O4S. The third-order valence-corrected chi connectivity index (χ3v) is 7.96. The number of sulfonamides is 1. The summed E-state index contributed by atoms with van der Waals surface area (Å²) < 4.78 is 27.5. The zero-order chi connectivity index (χ0) is 24.4. The average molecular weight is 492 g/mol. The van der Waals surface area contributed by atoms with Gasteiger partial charge in [-0.2, -0.15) is 4.31 Å². The van der Waals surface area contributed by atoms with Crippen molar-refractivity contribution in [2.45, 2.75) is 50.8 Å². The van der Waals surface area contributed by atoms with E-state index < -0.39 is 10.0 Å². The zero-order valence-corrected chi connectivity index (χ0v) is 20.9. The van der Waals surface area contributed by atoms with Crippen molar-refractivity contribution in [2.24, 2.45) is 5.92 Å². The molecule has 2 aromatic rings. The number of rotatable bonds is 5. The Morgan fingerprint density at radius 3 is 2.12 bits per heavy atom. The molecule has 0 unspecified atom stereocenters. The van der Waals surface area contributed by atoms with Crippen LogP contribution in [0.2, 0.25) is 5.02 Å². The lowest BCUT2D eigenvalue weighted by atomic mass is 9.87. The number of nitrogens with zero attached hydrogens (tertiary/aromatic N) is 1. The SMILES string of the molecule is CC(=O)Nc1ccc(NC(=O)C2CCN(S(=O)(=O)c3ccc(C(C)(C)C)cc3)CC2)cc1Cl. The van der Waals surface area contributed by atoms with Crippen molar-refractivity contribution >= 4 is 44.8 Å². The Balaban J connectivity index is 1.60. The molecule has 1 fully saturated rings. The molecule has 2 amide bonds. The molecule has 7 nitrogen and oxygen atoms in total. The minimum atomic E-state index is -3.60. The van der Waals surface area contributed by atoms with Crippen LogP contribution in [0.1, 0.15) is 46.1 Å². The quantitative estimate of drug-likeness (QED) is 0.637. The number of carbonyl (C=O) groups excluding carboxylic acids is 2. The van der Waals surface area contributed by atoms with E-state index in [1.807, 2.05) is 12.1 Å². The summed E-state index contributed by atoms with van der Waals surface area (Å²) in [5.41, 5.74) is 2.01. The number of halogens is 1. The predicted octanol–water partition coefficient (Wildman–Crippen LogP) is 4.64. The van der Waals surface area contributed by atoms with Gasteiger partial charge >= 0.3 is 0 Å². The van der Waals surface area contributed by atoms with Gasteiger partial charge in [-0.25, -0.2) is 8.42 Å². The van der Waals surface area contributed by atoms with Crippen molar-refractivity contribution in [1.82, 2.24) is 4.31 Å². The Morgan fingerprint density at radius 2 is 1.61 bits per heavy atom. The number of benzene rings is 2. The summed E-state index contributed by atoms with van der Waals surface area (Å²) >= 11 is 6.17. The average Bonchev–Trinajstić information content (AvgIpc) is 2.75. The predicted molar refractivity (Wildman–Crippen MR) is 131 cm³/mol. The van der Waals surface area contributed by atoms with E-state index in [9.17, 15) is 18.0 Å². The van der Waals surface area contributed by atoms with Crippen molar-refractivity contribution in [2.75, 3.05) is 23.7 Å². The Labute approximate surface area is 200 Å². The third kappa shape index (κ3) is 6.13. The van der Waals surface area contributed by atoms with Crippen LogP contribution in [-0.2, 0) is 25.0 Å². The Morgan fingerprint density at radius 1 is 1.00 bits per heavy atom. The summed E-state index contributed by atoms with van der Waals surface area (Å²) in [5.74, 6) is -0.709. The minimum absolute atomic E-state index is 0.0531. The lowest BCUT2D eigenvalue weighted by Crippen LogP contribution is -2.41. The van der Waals surface area contributed by atoms with Crippen LogP contribution < -0.4 is 10.6 Å². The van der Waals surface area contributed by atoms with Crippen LogP contribution in [0.15, 0.2) is 47.4 Å². The number of amides is 2. The van der Waals surface area contributed by atoms with Gasteiger partial charge in [0.2, 0.25) is 21.8 Å². The van der Waals surface area contributed by atoms with E-state index in [4.69, 9.17) is 11.6 Å². The van der Waals surface area contributed by atoms with E-state index in [0.29, 0.717) is 29.2 Å². The van der Waals surface area contributed by atoms with Crippen molar-refractivity contribution < 1.29 is 18.0 Å². The van der Waals surface area contributed by atoms with Gasteiger partial charge in [-0.3, -0.25) is 9.59 Å². The highest BCUT2D eigenvalue weighted by Gasteiger charge is 2.32. The molecule has 178 valence electrons. The van der Waals surface area contributed by atoms with Gasteiger partial charge in [-0.15, -0.1) is 0 Å². The van der Waals surface area contributed by atoms with Gasteiger partial charge in [0.05, 0.1) is 15.6 Å². The molecule has 2 aromatic carbocycles. The molecular weight excluding hydrogens is 462 g/mol. The van der Waals surface area contributed by atoms with Crippen molar-refractivity contribution in [3.8, 4) is 0 Å². The first-order chi connectivity index (χ1) is 15.4. The Bertz CT molecular complexity index is 1130. The highest BCUT2D eigenvalue weighted by molar-refractivity contribution is 7.89. The first-order valence-electron chi connectivity index (χ1n) is 10.9. The number of hydrogen-bond acceptors (Lipinski definition) is 4. The van der Waals surface area contributed by atoms with Gasteiger partial charge in [-0.05, 0) is 54.2 Å². The molecule has 0 atom stereocenters. The van der Waals surface area contributed by atoms with E-state index in [0.717, 1.165) is 5.56 Å². The van der Waals surface area contributed by atoms with Crippen molar-refractivity contribution in [3.63, 3.8) is 0 Å². The summed E-state index contributed by atoms with van der Waals surface area (Å²) in [6.45, 7) is 8.19. The highest BCUT2D eigenvalue weighted by Crippen LogP contribution is 2.29. The summed E-state index contributed by atoms with van der Waals surface area (Å²) in [6.07, 6.45) is 0.867. The van der Waals surface area contributed by atoms with Gasteiger partial charge in [0.25, 0.3) is 0 Å². The molecule has 3 rings (SSSR count). The second-order valence-electron chi connectivity index (χ2n) is 9.32. The van der Waals surface area contributed by atoms with Gasteiger partial charge < -0.3 is 10.6 Å². The topological polar surface area (TPSA) is 95.6 Å². The second-order valence-corrected chi connectivity index (χ2v) is 11.7. The van der Waals surface area contributed by atoms with Crippen LogP contribution in [0.25, 0.3) is 0 Å². The van der Waals surface area contributed by atoms with E-state index >= 15 is 0 Å². The lowest BCUT2D eigenvalue weighted by molar-refractivity contribution is -0.121. The normalized spacial score (nSPS) is 15.8. The number of nitrogens with one attached hydrogen (secondary N) is 2. The van der Waals surface area contributed by atoms with Gasteiger partial charge in [0.1, 0.15) is 0 Å². The van der Waals surface area contributed by atoms with E-state index in [2.05, 4.69) is 31.4 Å². The maximum Gasteiger partial charge on any atom is 0.243 e. The molecule has 1 aliphatic heterocycles. The van der Waals surface area contributed by atoms with Crippen molar-refractivity contribution in [3.05, 3.63) is 53.1 Å². The van der Waals surface area contributed by atoms with Crippen LogP contribution in [0.3, 0.4) is 0 Å². The molecule has 9 heteroatoms. The molecule has 1 aliphatic rings. The van der Waals surface area contributed by atoms with Gasteiger partial charge in [0, 0.05) is 31.6 Å². The smallest absolute Gasteiger partial charge is 0.243 e.